The average Bonchev–Trinajstić information content (AvgIpc) is 2.64. The molecule has 0 aromatic rings. The van der Waals surface area contributed by atoms with Crippen molar-refractivity contribution in [3.05, 3.63) is 0 Å². The molecule has 3 atom stereocenters. The summed E-state index contributed by atoms with van der Waals surface area (Å²) in [5, 5.41) is 16.6. The Morgan fingerprint density at radius 1 is 1.16 bits per heavy atom. The molecule has 2 aliphatic heterocycles. The molecule has 2 amide bonds. The summed E-state index contributed by atoms with van der Waals surface area (Å²) in [6.45, 7) is 12.7. The van der Waals surface area contributed by atoms with Gasteiger partial charge in [-0.1, -0.05) is 34.1 Å². The number of urea groups is 1. The number of carbonyl (C=O) groups excluding carboxylic acids is 1. The molecule has 2 N–H and O–H groups in total. The molecule has 7 heteroatoms. The van der Waals surface area contributed by atoms with Crippen molar-refractivity contribution in [3.8, 4) is 0 Å². The fourth-order valence-electron chi connectivity index (χ4n) is 2.54. The van der Waals surface area contributed by atoms with Gasteiger partial charge in [0.25, 0.3) is 0 Å². The van der Waals surface area contributed by atoms with Gasteiger partial charge >= 0.3 is 6.03 Å². The van der Waals surface area contributed by atoms with Gasteiger partial charge in [0, 0.05) is 39.7 Å². The number of aliphatic hydroxyl groups is 2. The van der Waals surface area contributed by atoms with Gasteiger partial charge in [-0.2, -0.15) is 0 Å². The Morgan fingerprint density at radius 3 is 2.08 bits per heavy atom. The maximum Gasteiger partial charge on any atom is 0.320 e. The van der Waals surface area contributed by atoms with E-state index in [9.17, 15) is 9.90 Å². The Bertz CT molecular complexity index is 302. The number of hydrogen-bond donors (Lipinski definition) is 2. The molecule has 152 valence electrons. The quantitative estimate of drug-likeness (QED) is 0.746. The van der Waals surface area contributed by atoms with Gasteiger partial charge < -0.3 is 29.5 Å². The number of nitrogens with zero attached hydrogens (tertiary/aromatic N) is 2. The summed E-state index contributed by atoms with van der Waals surface area (Å²) in [6.07, 6.45) is 1.72. The van der Waals surface area contributed by atoms with Crippen molar-refractivity contribution in [2.75, 3.05) is 40.5 Å². The smallest absolute Gasteiger partial charge is 0.320 e. The number of carbonyl (C=O) groups is 1. The molecule has 0 bridgehead atoms. The van der Waals surface area contributed by atoms with Gasteiger partial charge in [-0.15, -0.1) is 0 Å². The highest BCUT2D eigenvalue weighted by Crippen LogP contribution is 2.22. The Hall–Kier alpha value is -0.890. The van der Waals surface area contributed by atoms with Crippen LogP contribution in [0.5, 0.6) is 0 Å². The number of hydrogen-bond acceptors (Lipinski definition) is 5. The van der Waals surface area contributed by atoms with Crippen molar-refractivity contribution in [3.63, 3.8) is 0 Å². The highest BCUT2D eigenvalue weighted by Gasteiger charge is 2.32. The minimum atomic E-state index is -0.765. The van der Waals surface area contributed by atoms with E-state index in [0.717, 1.165) is 13.5 Å². The molecule has 2 aliphatic rings. The molecular weight excluding hydrogens is 324 g/mol. The zero-order valence-corrected chi connectivity index (χ0v) is 17.2. The number of morpholine rings is 1. The second kappa shape index (κ2) is 16.6. The van der Waals surface area contributed by atoms with E-state index in [1.165, 1.54) is 6.42 Å². The van der Waals surface area contributed by atoms with Gasteiger partial charge in [0.15, 0.2) is 6.29 Å². The topological polar surface area (TPSA) is 82.5 Å². The molecule has 0 aromatic heterocycles. The van der Waals surface area contributed by atoms with E-state index >= 15 is 0 Å². The van der Waals surface area contributed by atoms with Crippen LogP contribution in [0.15, 0.2) is 0 Å². The summed E-state index contributed by atoms with van der Waals surface area (Å²) in [6, 6.07) is 0.0590. The van der Waals surface area contributed by atoms with Gasteiger partial charge in [-0.05, 0) is 13.3 Å². The van der Waals surface area contributed by atoms with Crippen molar-refractivity contribution in [2.45, 2.75) is 72.3 Å². The molecule has 7 nitrogen and oxygen atoms in total. The van der Waals surface area contributed by atoms with Gasteiger partial charge in [-0.25, -0.2) is 4.79 Å². The molecule has 1 unspecified atom stereocenters. The SMILES string of the molecule is CC.CCC.CO.C[C@@H]1C[C@H](N(C)C(=O)N2CCOCC2)CC(O)O1. The van der Waals surface area contributed by atoms with Gasteiger partial charge in [0.1, 0.15) is 0 Å². The zero-order valence-electron chi connectivity index (χ0n) is 17.2. The predicted octanol–water partition coefficient (Wildman–Crippen LogP) is 2.31. The average molecular weight is 365 g/mol. The Morgan fingerprint density at radius 2 is 1.64 bits per heavy atom. The van der Waals surface area contributed by atoms with E-state index in [1.807, 2.05) is 20.8 Å². The maximum atomic E-state index is 12.3. The van der Waals surface area contributed by atoms with E-state index in [-0.39, 0.29) is 18.2 Å². The van der Waals surface area contributed by atoms with Crippen LogP contribution < -0.4 is 0 Å². The summed E-state index contributed by atoms with van der Waals surface area (Å²) in [4.78, 5) is 15.8. The van der Waals surface area contributed by atoms with Crippen LogP contribution in [0, 0.1) is 0 Å². The third kappa shape index (κ3) is 10.6. The number of amides is 2. The van der Waals surface area contributed by atoms with Crippen molar-refractivity contribution in [1.82, 2.24) is 9.80 Å². The van der Waals surface area contributed by atoms with E-state index < -0.39 is 6.29 Å². The van der Waals surface area contributed by atoms with Crippen LogP contribution in [0.3, 0.4) is 0 Å². The fraction of sp³-hybridized carbons (Fsp3) is 0.944. The summed E-state index contributed by atoms with van der Waals surface area (Å²) < 4.78 is 10.5. The lowest BCUT2D eigenvalue weighted by Gasteiger charge is -2.39. The molecule has 25 heavy (non-hydrogen) atoms. The molecule has 0 aliphatic carbocycles. The number of rotatable bonds is 1. The van der Waals surface area contributed by atoms with E-state index in [1.54, 1.807) is 16.8 Å². The van der Waals surface area contributed by atoms with Gasteiger partial charge in [-0.3, -0.25) is 0 Å². The first-order chi connectivity index (χ1) is 12.0. The van der Waals surface area contributed by atoms with Gasteiger partial charge in [0.05, 0.1) is 19.3 Å². The predicted molar refractivity (Wildman–Crippen MR) is 101 cm³/mol. The largest absolute Gasteiger partial charge is 0.400 e. The zero-order chi connectivity index (χ0) is 19.8. The number of ether oxygens (including phenoxy) is 2. The van der Waals surface area contributed by atoms with Crippen LogP contribution in [0.25, 0.3) is 0 Å². The minimum absolute atomic E-state index is 0.0151. The molecule has 0 aromatic carbocycles. The van der Waals surface area contributed by atoms with Crippen molar-refractivity contribution >= 4 is 6.03 Å². The standard InChI is InChI=1S/C12H22N2O4.C3H8.C2H6.CH4O/c1-9-7-10(8-11(15)18-9)13(2)12(16)14-3-5-17-6-4-14;1-3-2;2*1-2/h9-11,15H,3-8H2,1-2H3;3H2,1-2H3;1-2H3;2H,1H3/t9-,10+,11?;;;/m1.../s1. The van der Waals surface area contributed by atoms with Crippen LogP contribution in [0.4, 0.5) is 4.79 Å². The van der Waals surface area contributed by atoms with Crippen molar-refractivity contribution < 1.29 is 24.5 Å². The van der Waals surface area contributed by atoms with Gasteiger partial charge in [0.2, 0.25) is 0 Å². The lowest BCUT2D eigenvalue weighted by molar-refractivity contribution is -0.171. The first-order valence-corrected chi connectivity index (χ1v) is 9.37. The van der Waals surface area contributed by atoms with Crippen LogP contribution in [0.1, 0.15) is 53.9 Å². The van der Waals surface area contributed by atoms with Crippen LogP contribution in [-0.4, -0.2) is 84.9 Å². The highest BCUT2D eigenvalue weighted by molar-refractivity contribution is 5.74. The third-order valence-electron chi connectivity index (χ3n) is 3.60. The second-order valence-corrected chi connectivity index (χ2v) is 5.73. The summed E-state index contributed by atoms with van der Waals surface area (Å²) in [5.74, 6) is 0. The molecule has 2 saturated heterocycles. The molecule has 2 heterocycles. The normalized spacial score (nSPS) is 25.2. The van der Waals surface area contributed by atoms with E-state index in [2.05, 4.69) is 13.8 Å². The first kappa shape index (κ1) is 26.3. The minimum Gasteiger partial charge on any atom is -0.400 e. The molecule has 2 rings (SSSR count). The molecule has 2 fully saturated rings. The van der Waals surface area contributed by atoms with Crippen LogP contribution in [-0.2, 0) is 9.47 Å². The van der Waals surface area contributed by atoms with Crippen LogP contribution in [0.2, 0.25) is 0 Å². The lowest BCUT2D eigenvalue weighted by atomic mass is 10.0. The first-order valence-electron chi connectivity index (χ1n) is 9.37. The Balaban J connectivity index is 0. The summed E-state index contributed by atoms with van der Waals surface area (Å²) in [7, 11) is 2.80. The van der Waals surface area contributed by atoms with Crippen LogP contribution >= 0.6 is 0 Å². The number of aliphatic hydroxyl groups excluding tert-OH is 2. The monoisotopic (exact) mass is 364 g/mol. The fourth-order valence-corrected chi connectivity index (χ4v) is 2.54. The third-order valence-corrected chi connectivity index (χ3v) is 3.60. The van der Waals surface area contributed by atoms with E-state index in [0.29, 0.717) is 32.7 Å². The highest BCUT2D eigenvalue weighted by atomic mass is 16.6. The molecule has 0 saturated carbocycles. The lowest BCUT2D eigenvalue weighted by Crippen LogP contribution is -2.52. The molecule has 0 radical (unpaired) electrons. The Labute approximate surface area is 153 Å². The molecule has 0 spiro atoms. The Kier molecular flexibility index (Phi) is 17.5. The maximum absolute atomic E-state index is 12.3. The van der Waals surface area contributed by atoms with Crippen molar-refractivity contribution in [2.24, 2.45) is 0 Å². The second-order valence-electron chi connectivity index (χ2n) is 5.73. The summed E-state index contributed by atoms with van der Waals surface area (Å²) in [5.41, 5.74) is 0. The summed E-state index contributed by atoms with van der Waals surface area (Å²) >= 11 is 0. The van der Waals surface area contributed by atoms with Crippen molar-refractivity contribution in [1.29, 1.82) is 0 Å². The molecular formula is C18H40N2O5. The van der Waals surface area contributed by atoms with E-state index in [4.69, 9.17) is 14.6 Å².